The van der Waals surface area contributed by atoms with Gasteiger partial charge >= 0.3 is 0 Å². The van der Waals surface area contributed by atoms with E-state index in [2.05, 4.69) is 18.7 Å². The van der Waals surface area contributed by atoms with Gasteiger partial charge in [0.15, 0.2) is 0 Å². The van der Waals surface area contributed by atoms with Crippen LogP contribution >= 0.6 is 0 Å². The second-order valence-corrected chi connectivity index (χ2v) is 5.00. The molecule has 20 heavy (non-hydrogen) atoms. The van der Waals surface area contributed by atoms with Gasteiger partial charge in [-0.2, -0.15) is 0 Å². The summed E-state index contributed by atoms with van der Waals surface area (Å²) in [7, 11) is 1.49. The van der Waals surface area contributed by atoms with E-state index < -0.39 is 11.9 Å². The number of halogens is 1. The number of aliphatic hydroxyl groups excluding tert-OH is 1. The lowest BCUT2D eigenvalue weighted by Crippen LogP contribution is -2.27. The van der Waals surface area contributed by atoms with E-state index >= 15 is 0 Å². The molecule has 1 N–H and O–H groups in total. The maximum atomic E-state index is 13.9. The Balaban J connectivity index is 2.68. The van der Waals surface area contributed by atoms with Crippen LogP contribution in [0, 0.1) is 5.82 Å². The van der Waals surface area contributed by atoms with Gasteiger partial charge in [-0.15, -0.1) is 0 Å². The van der Waals surface area contributed by atoms with Crippen molar-refractivity contribution in [2.45, 2.75) is 39.2 Å². The quantitative estimate of drug-likeness (QED) is 0.754. The number of benzene rings is 1. The second kappa shape index (κ2) is 8.93. The minimum absolute atomic E-state index is 0.267. The van der Waals surface area contributed by atoms with Crippen LogP contribution in [0.2, 0.25) is 0 Å². The Bertz CT molecular complexity index is 392. The second-order valence-electron chi connectivity index (χ2n) is 5.00. The molecule has 0 amide bonds. The van der Waals surface area contributed by atoms with Crippen LogP contribution in [0.4, 0.5) is 4.39 Å². The van der Waals surface area contributed by atoms with Gasteiger partial charge in [0.25, 0.3) is 0 Å². The molecule has 1 rings (SSSR count). The van der Waals surface area contributed by atoms with Gasteiger partial charge in [0.2, 0.25) is 0 Å². The van der Waals surface area contributed by atoms with Gasteiger partial charge in [-0.3, -0.25) is 0 Å². The monoisotopic (exact) mass is 283 g/mol. The van der Waals surface area contributed by atoms with Crippen molar-refractivity contribution in [3.8, 4) is 5.75 Å². The zero-order valence-corrected chi connectivity index (χ0v) is 12.7. The van der Waals surface area contributed by atoms with Gasteiger partial charge in [-0.25, -0.2) is 4.39 Å². The van der Waals surface area contributed by atoms with Crippen LogP contribution in [0.1, 0.15) is 44.8 Å². The average molecular weight is 283 g/mol. The van der Waals surface area contributed by atoms with Crippen molar-refractivity contribution < 1.29 is 14.2 Å². The smallest absolute Gasteiger partial charge is 0.132 e. The Hall–Kier alpha value is -1.13. The average Bonchev–Trinajstić information content (AvgIpc) is 2.44. The number of aliphatic hydroxyl groups is 1. The summed E-state index contributed by atoms with van der Waals surface area (Å²) in [5, 5.41) is 10.3. The van der Waals surface area contributed by atoms with Crippen LogP contribution in [0.5, 0.6) is 5.75 Å². The molecule has 1 unspecified atom stereocenters. The fourth-order valence-corrected chi connectivity index (χ4v) is 2.44. The van der Waals surface area contributed by atoms with Crippen molar-refractivity contribution in [2.24, 2.45) is 0 Å². The molecule has 1 aromatic rings. The zero-order valence-electron chi connectivity index (χ0n) is 12.7. The van der Waals surface area contributed by atoms with Gasteiger partial charge in [-0.1, -0.05) is 19.9 Å². The summed E-state index contributed by atoms with van der Waals surface area (Å²) in [6, 6.07) is 4.62. The minimum Gasteiger partial charge on any atom is -0.496 e. The topological polar surface area (TPSA) is 32.7 Å². The molecule has 0 radical (unpaired) electrons. The summed E-state index contributed by atoms with van der Waals surface area (Å²) in [4.78, 5) is 2.30. The first-order valence-corrected chi connectivity index (χ1v) is 7.36. The lowest BCUT2D eigenvalue weighted by atomic mass is 10.0. The van der Waals surface area contributed by atoms with E-state index in [-0.39, 0.29) is 5.56 Å². The highest BCUT2D eigenvalue weighted by Gasteiger charge is 2.18. The molecule has 1 atom stereocenters. The molecular weight excluding hydrogens is 257 g/mol. The summed E-state index contributed by atoms with van der Waals surface area (Å²) in [5.74, 6) is 0.00409. The Morgan fingerprint density at radius 1 is 1.20 bits per heavy atom. The van der Waals surface area contributed by atoms with Gasteiger partial charge in [-0.05, 0) is 44.5 Å². The van der Waals surface area contributed by atoms with Gasteiger partial charge in [0.1, 0.15) is 11.6 Å². The van der Waals surface area contributed by atoms with Crippen LogP contribution in [0.3, 0.4) is 0 Å². The fourth-order valence-electron chi connectivity index (χ4n) is 2.44. The van der Waals surface area contributed by atoms with Crippen molar-refractivity contribution >= 4 is 0 Å². The van der Waals surface area contributed by atoms with E-state index in [9.17, 15) is 9.50 Å². The van der Waals surface area contributed by atoms with Crippen LogP contribution in [0.15, 0.2) is 18.2 Å². The van der Waals surface area contributed by atoms with Crippen molar-refractivity contribution in [3.63, 3.8) is 0 Å². The van der Waals surface area contributed by atoms with Crippen LogP contribution in [0.25, 0.3) is 0 Å². The van der Waals surface area contributed by atoms with E-state index in [1.54, 1.807) is 12.1 Å². The third-order valence-corrected chi connectivity index (χ3v) is 3.36. The van der Waals surface area contributed by atoms with E-state index in [0.29, 0.717) is 12.2 Å². The van der Waals surface area contributed by atoms with E-state index in [1.165, 1.54) is 13.2 Å². The Labute approximate surface area is 121 Å². The molecule has 0 fully saturated rings. The third-order valence-electron chi connectivity index (χ3n) is 3.36. The molecule has 1 aromatic carbocycles. The van der Waals surface area contributed by atoms with Crippen molar-refractivity contribution in [1.82, 2.24) is 4.90 Å². The van der Waals surface area contributed by atoms with Crippen molar-refractivity contribution in [2.75, 3.05) is 26.7 Å². The summed E-state index contributed by atoms with van der Waals surface area (Å²) in [6.07, 6.45) is 1.84. The zero-order chi connectivity index (χ0) is 15.0. The highest BCUT2D eigenvalue weighted by molar-refractivity contribution is 5.36. The Kier molecular flexibility index (Phi) is 7.55. The summed E-state index contributed by atoms with van der Waals surface area (Å²) in [6.45, 7) is 7.06. The molecule has 0 aliphatic carbocycles. The largest absolute Gasteiger partial charge is 0.496 e. The SMILES string of the molecule is CCCN(CCC)CCC(O)c1c(F)cccc1OC. The molecule has 0 saturated heterocycles. The standard InChI is InChI=1S/C16H26FNO2/c1-4-10-18(11-5-2)12-9-14(19)16-13(17)7-6-8-15(16)20-3/h6-8,14,19H,4-5,9-12H2,1-3H3. The number of hydrogen-bond acceptors (Lipinski definition) is 3. The third kappa shape index (κ3) is 4.76. The normalized spacial score (nSPS) is 12.7. The molecule has 114 valence electrons. The molecule has 3 nitrogen and oxygen atoms in total. The predicted molar refractivity (Wildman–Crippen MR) is 79.6 cm³/mol. The minimum atomic E-state index is -0.831. The molecule has 0 bridgehead atoms. The maximum absolute atomic E-state index is 13.9. The van der Waals surface area contributed by atoms with Crippen molar-refractivity contribution in [1.29, 1.82) is 0 Å². The van der Waals surface area contributed by atoms with E-state index in [1.807, 2.05) is 0 Å². The molecule has 4 heteroatoms. The molecule has 0 saturated carbocycles. The maximum Gasteiger partial charge on any atom is 0.132 e. The van der Waals surface area contributed by atoms with Crippen molar-refractivity contribution in [3.05, 3.63) is 29.6 Å². The molecule has 0 heterocycles. The number of ether oxygens (including phenoxy) is 1. The van der Waals surface area contributed by atoms with Crippen LogP contribution in [-0.4, -0.2) is 36.8 Å². The van der Waals surface area contributed by atoms with Gasteiger partial charge in [0, 0.05) is 6.54 Å². The molecular formula is C16H26FNO2. The molecule has 0 aromatic heterocycles. The summed E-state index contributed by atoms with van der Waals surface area (Å²) < 4.78 is 19.0. The highest BCUT2D eigenvalue weighted by Crippen LogP contribution is 2.29. The van der Waals surface area contributed by atoms with E-state index in [4.69, 9.17) is 4.74 Å². The Morgan fingerprint density at radius 2 is 1.85 bits per heavy atom. The van der Waals surface area contributed by atoms with E-state index in [0.717, 1.165) is 32.5 Å². The fraction of sp³-hybridized carbons (Fsp3) is 0.625. The first kappa shape index (κ1) is 16.9. The summed E-state index contributed by atoms with van der Waals surface area (Å²) in [5.41, 5.74) is 0.267. The number of methoxy groups -OCH3 is 1. The molecule has 0 aliphatic heterocycles. The first-order chi connectivity index (χ1) is 9.63. The number of rotatable bonds is 9. The van der Waals surface area contributed by atoms with Gasteiger partial charge < -0.3 is 14.7 Å². The molecule has 0 spiro atoms. The lowest BCUT2D eigenvalue weighted by molar-refractivity contribution is 0.135. The number of nitrogens with zero attached hydrogens (tertiary/aromatic N) is 1. The predicted octanol–water partition coefficient (Wildman–Crippen LogP) is 3.38. The first-order valence-electron chi connectivity index (χ1n) is 7.36. The lowest BCUT2D eigenvalue weighted by Gasteiger charge is -2.23. The van der Waals surface area contributed by atoms with Crippen LogP contribution < -0.4 is 4.74 Å². The Morgan fingerprint density at radius 3 is 2.40 bits per heavy atom. The number of hydrogen-bond donors (Lipinski definition) is 1. The van der Waals surface area contributed by atoms with Crippen LogP contribution in [-0.2, 0) is 0 Å². The summed E-state index contributed by atoms with van der Waals surface area (Å²) >= 11 is 0. The highest BCUT2D eigenvalue weighted by atomic mass is 19.1. The molecule has 0 aliphatic rings. The van der Waals surface area contributed by atoms with Gasteiger partial charge in [0.05, 0.1) is 18.8 Å².